The second kappa shape index (κ2) is 5.12. The van der Waals surface area contributed by atoms with Gasteiger partial charge in [0, 0.05) is 25.8 Å². The van der Waals surface area contributed by atoms with E-state index in [4.69, 9.17) is 5.73 Å². The molecule has 6 nitrogen and oxygen atoms in total. The first kappa shape index (κ1) is 12.5. The largest absolute Gasteiger partial charge is 0.397 e. The van der Waals surface area contributed by atoms with Gasteiger partial charge in [-0.1, -0.05) is 6.92 Å². The van der Waals surface area contributed by atoms with E-state index in [9.17, 15) is 9.59 Å². The maximum atomic E-state index is 12.3. The number of carbonyl (C=O) groups excluding carboxylic acids is 2. The van der Waals surface area contributed by atoms with Crippen LogP contribution < -0.4 is 11.1 Å². The van der Waals surface area contributed by atoms with Gasteiger partial charge < -0.3 is 20.5 Å². The first-order valence-electron chi connectivity index (χ1n) is 6.13. The number of anilines is 1. The molecule has 0 spiro atoms. The van der Waals surface area contributed by atoms with Crippen LogP contribution in [0.4, 0.5) is 5.69 Å². The topological polar surface area (TPSA) is 80.4 Å². The van der Waals surface area contributed by atoms with Gasteiger partial charge in [0.1, 0.15) is 5.69 Å². The van der Waals surface area contributed by atoms with Crippen LogP contribution in [0.25, 0.3) is 0 Å². The van der Waals surface area contributed by atoms with Crippen molar-refractivity contribution in [2.45, 2.75) is 19.9 Å². The summed E-state index contributed by atoms with van der Waals surface area (Å²) in [4.78, 5) is 25.2. The van der Waals surface area contributed by atoms with E-state index < -0.39 is 0 Å². The van der Waals surface area contributed by atoms with Gasteiger partial charge in [0.25, 0.3) is 5.91 Å². The number of piperazine rings is 1. The maximum Gasteiger partial charge on any atom is 0.271 e. The van der Waals surface area contributed by atoms with Crippen molar-refractivity contribution in [3.8, 4) is 0 Å². The van der Waals surface area contributed by atoms with Crippen LogP contribution in [0.5, 0.6) is 0 Å². The molecule has 1 aromatic heterocycles. The minimum absolute atomic E-state index is 0.115. The fourth-order valence-electron chi connectivity index (χ4n) is 2.11. The number of nitrogens with two attached hydrogens (primary N) is 1. The minimum Gasteiger partial charge on any atom is -0.397 e. The van der Waals surface area contributed by atoms with Gasteiger partial charge in [-0.05, 0) is 12.5 Å². The Bertz CT molecular complexity index is 467. The molecule has 1 aliphatic heterocycles. The van der Waals surface area contributed by atoms with Crippen molar-refractivity contribution in [3.63, 3.8) is 0 Å². The van der Waals surface area contributed by atoms with Gasteiger partial charge in [0.2, 0.25) is 5.91 Å². The van der Waals surface area contributed by atoms with E-state index >= 15 is 0 Å². The molecule has 1 aliphatic rings. The molecule has 0 aromatic carbocycles. The molecule has 2 heterocycles. The van der Waals surface area contributed by atoms with Gasteiger partial charge >= 0.3 is 0 Å². The van der Waals surface area contributed by atoms with Crippen LogP contribution in [-0.2, 0) is 11.3 Å². The molecule has 2 amide bonds. The summed E-state index contributed by atoms with van der Waals surface area (Å²) in [6.45, 7) is 3.96. The predicted octanol–water partition coefficient (Wildman–Crippen LogP) is 0.0523. The van der Waals surface area contributed by atoms with Crippen molar-refractivity contribution in [3.05, 3.63) is 18.0 Å². The van der Waals surface area contributed by atoms with E-state index in [-0.39, 0.29) is 18.4 Å². The van der Waals surface area contributed by atoms with Crippen LogP contribution in [-0.4, -0.2) is 40.9 Å². The number of amides is 2. The number of carbonyl (C=O) groups is 2. The zero-order chi connectivity index (χ0) is 13.1. The smallest absolute Gasteiger partial charge is 0.271 e. The normalized spacial score (nSPS) is 15.6. The molecular formula is C12H18N4O2. The number of nitrogen functional groups attached to an aromatic ring is 1. The minimum atomic E-state index is -0.130. The molecule has 3 N–H and O–H groups in total. The third-order valence-corrected chi connectivity index (χ3v) is 2.93. The molecule has 0 bridgehead atoms. The van der Waals surface area contributed by atoms with Crippen molar-refractivity contribution in [2.24, 2.45) is 0 Å². The number of rotatable bonds is 3. The van der Waals surface area contributed by atoms with E-state index in [0.717, 1.165) is 13.0 Å². The Balaban J connectivity index is 2.19. The van der Waals surface area contributed by atoms with Gasteiger partial charge in [0.05, 0.1) is 12.2 Å². The quantitative estimate of drug-likeness (QED) is 0.795. The molecule has 2 rings (SSSR count). The summed E-state index contributed by atoms with van der Waals surface area (Å²) in [6.07, 6.45) is 2.69. The molecule has 1 aromatic rings. The number of nitrogens with one attached hydrogen (secondary N) is 1. The van der Waals surface area contributed by atoms with Gasteiger partial charge in [-0.3, -0.25) is 9.59 Å². The van der Waals surface area contributed by atoms with Crippen LogP contribution in [0.3, 0.4) is 0 Å². The third-order valence-electron chi connectivity index (χ3n) is 2.93. The number of hydrogen-bond donors (Lipinski definition) is 2. The Kier molecular flexibility index (Phi) is 3.55. The lowest BCUT2D eigenvalue weighted by atomic mass is 10.3. The van der Waals surface area contributed by atoms with Gasteiger partial charge in [-0.25, -0.2) is 0 Å². The van der Waals surface area contributed by atoms with Crippen molar-refractivity contribution >= 4 is 17.5 Å². The van der Waals surface area contributed by atoms with Gasteiger partial charge in [0.15, 0.2) is 0 Å². The van der Waals surface area contributed by atoms with Crippen LogP contribution in [0.2, 0.25) is 0 Å². The summed E-state index contributed by atoms with van der Waals surface area (Å²) in [7, 11) is 0. The van der Waals surface area contributed by atoms with E-state index in [1.165, 1.54) is 0 Å². The molecule has 0 aliphatic carbocycles. The predicted molar refractivity (Wildman–Crippen MR) is 68.0 cm³/mol. The Hall–Kier alpha value is -1.98. The van der Waals surface area contributed by atoms with Crippen LogP contribution in [0, 0.1) is 0 Å². The van der Waals surface area contributed by atoms with E-state index in [0.29, 0.717) is 24.5 Å². The average Bonchev–Trinajstić information content (AvgIpc) is 2.70. The summed E-state index contributed by atoms with van der Waals surface area (Å²) in [5.74, 6) is -0.244. The lowest BCUT2D eigenvalue weighted by Crippen LogP contribution is -2.50. The summed E-state index contributed by atoms with van der Waals surface area (Å²) in [5.41, 5.74) is 6.87. The molecule has 18 heavy (non-hydrogen) atoms. The molecule has 0 saturated carbocycles. The van der Waals surface area contributed by atoms with E-state index in [1.54, 1.807) is 17.2 Å². The van der Waals surface area contributed by atoms with Crippen LogP contribution in [0.15, 0.2) is 12.3 Å². The van der Waals surface area contributed by atoms with Crippen molar-refractivity contribution in [2.75, 3.05) is 25.4 Å². The second-order valence-corrected chi connectivity index (χ2v) is 4.43. The first-order valence-corrected chi connectivity index (χ1v) is 6.13. The number of nitrogens with zero attached hydrogens (tertiary/aromatic N) is 2. The van der Waals surface area contributed by atoms with Crippen molar-refractivity contribution < 1.29 is 9.59 Å². The molecule has 6 heteroatoms. The molecule has 98 valence electrons. The summed E-state index contributed by atoms with van der Waals surface area (Å²) in [5, 5.41) is 2.70. The standard InChI is InChI=1S/C12H18N4O2/c1-2-4-15-7-9(13)6-10(15)12(18)16-5-3-14-11(17)8-16/h6-7H,2-5,8,13H2,1H3,(H,14,17). The zero-order valence-corrected chi connectivity index (χ0v) is 10.5. The number of hydrogen-bond acceptors (Lipinski definition) is 3. The molecule has 0 atom stereocenters. The monoisotopic (exact) mass is 250 g/mol. The lowest BCUT2D eigenvalue weighted by molar-refractivity contribution is -0.123. The highest BCUT2D eigenvalue weighted by Gasteiger charge is 2.24. The molecule has 1 saturated heterocycles. The Morgan fingerprint density at radius 3 is 3.00 bits per heavy atom. The highest BCUT2D eigenvalue weighted by molar-refractivity contribution is 5.96. The SMILES string of the molecule is CCCn1cc(N)cc1C(=O)N1CCNC(=O)C1. The summed E-state index contributed by atoms with van der Waals surface area (Å²) < 4.78 is 1.85. The molecule has 1 fully saturated rings. The number of aryl methyl sites for hydroxylation is 1. The van der Waals surface area contributed by atoms with Gasteiger partial charge in [-0.15, -0.1) is 0 Å². The van der Waals surface area contributed by atoms with Crippen LogP contribution >= 0.6 is 0 Å². The van der Waals surface area contributed by atoms with E-state index in [1.807, 2.05) is 11.5 Å². The van der Waals surface area contributed by atoms with Crippen molar-refractivity contribution in [1.82, 2.24) is 14.8 Å². The fourth-order valence-corrected chi connectivity index (χ4v) is 2.11. The molecule has 0 radical (unpaired) electrons. The Morgan fingerprint density at radius 2 is 2.33 bits per heavy atom. The fraction of sp³-hybridized carbons (Fsp3) is 0.500. The van der Waals surface area contributed by atoms with E-state index in [2.05, 4.69) is 5.32 Å². The Morgan fingerprint density at radius 1 is 1.56 bits per heavy atom. The highest BCUT2D eigenvalue weighted by Crippen LogP contribution is 2.14. The lowest BCUT2D eigenvalue weighted by Gasteiger charge is -2.26. The van der Waals surface area contributed by atoms with Crippen molar-refractivity contribution in [1.29, 1.82) is 0 Å². The maximum absolute atomic E-state index is 12.3. The summed E-state index contributed by atoms with van der Waals surface area (Å²) >= 11 is 0. The second-order valence-electron chi connectivity index (χ2n) is 4.43. The zero-order valence-electron chi connectivity index (χ0n) is 10.5. The van der Waals surface area contributed by atoms with Gasteiger partial charge in [-0.2, -0.15) is 0 Å². The third kappa shape index (κ3) is 2.47. The number of aromatic nitrogens is 1. The Labute approximate surface area is 106 Å². The summed E-state index contributed by atoms with van der Waals surface area (Å²) in [6, 6.07) is 1.67. The first-order chi connectivity index (χ1) is 8.61. The molecule has 0 unspecified atom stereocenters. The van der Waals surface area contributed by atoms with Crippen LogP contribution in [0.1, 0.15) is 23.8 Å². The highest BCUT2D eigenvalue weighted by atomic mass is 16.2. The molecular weight excluding hydrogens is 232 g/mol. The average molecular weight is 250 g/mol.